The molecule has 10 heteroatoms. The Labute approximate surface area is 173 Å². The second kappa shape index (κ2) is 9.11. The van der Waals surface area contributed by atoms with Gasteiger partial charge in [-0.1, -0.05) is 30.3 Å². The molecule has 1 aromatic carbocycles. The second-order valence-corrected chi connectivity index (χ2v) is 12.4. The van der Waals surface area contributed by atoms with Gasteiger partial charge in [-0.25, -0.2) is 16.8 Å². The predicted molar refractivity (Wildman–Crippen MR) is 112 cm³/mol. The maximum atomic E-state index is 13.4. The average Bonchev–Trinajstić information content (AvgIpc) is 2.68. The molecule has 2 saturated heterocycles. The summed E-state index contributed by atoms with van der Waals surface area (Å²) in [5.74, 6) is 0.250. The van der Waals surface area contributed by atoms with Crippen LogP contribution in [0.15, 0.2) is 30.3 Å². The van der Waals surface area contributed by atoms with Gasteiger partial charge in [-0.2, -0.15) is 0 Å². The van der Waals surface area contributed by atoms with Crippen molar-refractivity contribution in [2.75, 3.05) is 69.3 Å². The molecule has 0 aromatic heterocycles. The molecule has 29 heavy (non-hydrogen) atoms. The van der Waals surface area contributed by atoms with Crippen molar-refractivity contribution in [1.29, 1.82) is 0 Å². The van der Waals surface area contributed by atoms with E-state index in [2.05, 4.69) is 4.90 Å². The molecule has 1 aromatic rings. The molecule has 0 saturated carbocycles. The van der Waals surface area contributed by atoms with E-state index in [4.69, 9.17) is 0 Å². The Morgan fingerprint density at radius 3 is 2.14 bits per heavy atom. The highest BCUT2D eigenvalue weighted by Gasteiger charge is 2.35. The van der Waals surface area contributed by atoms with E-state index >= 15 is 0 Å². The minimum absolute atomic E-state index is 0.0155. The van der Waals surface area contributed by atoms with Crippen LogP contribution in [0.3, 0.4) is 0 Å². The van der Waals surface area contributed by atoms with Crippen LogP contribution in [0.4, 0.5) is 0 Å². The van der Waals surface area contributed by atoms with Crippen LogP contribution in [0.5, 0.6) is 0 Å². The molecule has 0 bridgehead atoms. The van der Waals surface area contributed by atoms with Gasteiger partial charge in [-0.3, -0.25) is 14.6 Å². The molecule has 8 nitrogen and oxygen atoms in total. The quantitative estimate of drug-likeness (QED) is 0.593. The van der Waals surface area contributed by atoms with Gasteiger partial charge >= 0.3 is 0 Å². The van der Waals surface area contributed by atoms with E-state index in [1.165, 1.54) is 6.26 Å². The van der Waals surface area contributed by atoms with Crippen LogP contribution in [0.25, 0.3) is 0 Å². The first-order valence-electron chi connectivity index (χ1n) is 9.83. The number of carbonyl (C=O) groups is 1. The molecular weight excluding hydrogens is 414 g/mol. The van der Waals surface area contributed by atoms with E-state index in [-0.39, 0.29) is 23.2 Å². The predicted octanol–water partition coefficient (Wildman–Crippen LogP) is -0.353. The Kier molecular flexibility index (Phi) is 6.98. The summed E-state index contributed by atoms with van der Waals surface area (Å²) < 4.78 is 46.4. The lowest BCUT2D eigenvalue weighted by molar-refractivity contribution is -0.139. The first-order valence-corrected chi connectivity index (χ1v) is 13.7. The highest BCUT2D eigenvalue weighted by Crippen LogP contribution is 2.25. The fraction of sp³-hybridized carbons (Fsp3) is 0.632. The van der Waals surface area contributed by atoms with Gasteiger partial charge in [0.25, 0.3) is 0 Å². The number of carbonyl (C=O) groups excluding carboxylic acids is 1. The number of nitrogens with zero attached hydrogens (tertiary/aromatic N) is 3. The topological polar surface area (TPSA) is 95.1 Å². The SMILES string of the molecule is CS(=O)(=O)CCN1CCN(C(=O)C(c2ccccc2)N2CCS(=O)(=O)CC2)CC1. The van der Waals surface area contributed by atoms with Crippen molar-refractivity contribution in [2.24, 2.45) is 0 Å². The summed E-state index contributed by atoms with van der Waals surface area (Å²) >= 11 is 0. The molecule has 3 rings (SSSR count). The lowest BCUT2D eigenvalue weighted by atomic mass is 10.0. The Hall–Kier alpha value is -1.49. The molecule has 2 aliphatic rings. The largest absolute Gasteiger partial charge is 0.338 e. The lowest BCUT2D eigenvalue weighted by Gasteiger charge is -2.40. The number of hydrogen-bond donors (Lipinski definition) is 0. The van der Waals surface area contributed by atoms with Crippen LogP contribution in [0, 0.1) is 0 Å². The third-order valence-electron chi connectivity index (χ3n) is 5.56. The molecule has 2 heterocycles. The summed E-state index contributed by atoms with van der Waals surface area (Å²) in [6, 6.07) is 9.00. The third-order valence-corrected chi connectivity index (χ3v) is 8.09. The number of hydrogen-bond acceptors (Lipinski definition) is 7. The molecule has 0 spiro atoms. The minimum Gasteiger partial charge on any atom is -0.338 e. The zero-order chi connectivity index (χ0) is 21.1. The maximum Gasteiger partial charge on any atom is 0.244 e. The van der Waals surface area contributed by atoms with Gasteiger partial charge in [0.2, 0.25) is 5.91 Å². The standard InChI is InChI=1S/C19H29N3O5S2/c1-28(24,25)14-11-20-7-9-22(10-8-20)19(23)18(17-5-3-2-4-6-17)21-12-15-29(26,27)16-13-21/h2-6,18H,7-16H2,1H3. The number of piperazine rings is 1. The van der Waals surface area contributed by atoms with Gasteiger partial charge in [-0.05, 0) is 5.56 Å². The van der Waals surface area contributed by atoms with Crippen LogP contribution in [-0.2, 0) is 24.5 Å². The van der Waals surface area contributed by atoms with Crippen molar-refractivity contribution in [3.05, 3.63) is 35.9 Å². The summed E-state index contributed by atoms with van der Waals surface area (Å²) in [4.78, 5) is 19.3. The van der Waals surface area contributed by atoms with Crippen LogP contribution in [-0.4, -0.2) is 107 Å². The number of benzene rings is 1. The molecule has 0 N–H and O–H groups in total. The fourth-order valence-corrected chi connectivity index (χ4v) is 5.61. The molecule has 1 atom stereocenters. The Bertz CT molecular complexity index is 896. The summed E-state index contributed by atoms with van der Waals surface area (Å²) in [6.45, 7) is 3.53. The highest BCUT2D eigenvalue weighted by atomic mass is 32.2. The Morgan fingerprint density at radius 2 is 1.59 bits per heavy atom. The molecule has 2 aliphatic heterocycles. The first kappa shape index (κ1) is 22.2. The highest BCUT2D eigenvalue weighted by molar-refractivity contribution is 7.91. The minimum atomic E-state index is -3.03. The Balaban J connectivity index is 1.68. The van der Waals surface area contributed by atoms with Gasteiger partial charge in [-0.15, -0.1) is 0 Å². The van der Waals surface area contributed by atoms with Gasteiger partial charge in [0.05, 0.1) is 17.3 Å². The molecule has 0 aliphatic carbocycles. The molecule has 2 fully saturated rings. The first-order chi connectivity index (χ1) is 13.6. The normalized spacial score (nSPS) is 22.3. The summed E-state index contributed by atoms with van der Waals surface area (Å²) in [5.41, 5.74) is 0.872. The van der Waals surface area contributed by atoms with E-state index in [0.717, 1.165) is 5.56 Å². The third kappa shape index (κ3) is 6.24. The van der Waals surface area contributed by atoms with Crippen molar-refractivity contribution < 1.29 is 21.6 Å². The molecular formula is C19H29N3O5S2. The van der Waals surface area contributed by atoms with Gasteiger partial charge in [0, 0.05) is 52.1 Å². The molecule has 162 valence electrons. The second-order valence-electron chi connectivity index (χ2n) is 7.80. The summed E-state index contributed by atoms with van der Waals surface area (Å²) in [6.07, 6.45) is 1.23. The van der Waals surface area contributed by atoms with Crippen molar-refractivity contribution in [1.82, 2.24) is 14.7 Å². The van der Waals surface area contributed by atoms with Crippen LogP contribution >= 0.6 is 0 Å². The van der Waals surface area contributed by atoms with Crippen molar-refractivity contribution in [3.63, 3.8) is 0 Å². The summed E-state index contributed by atoms with van der Waals surface area (Å²) in [7, 11) is -6.03. The van der Waals surface area contributed by atoms with Gasteiger partial charge < -0.3 is 4.90 Å². The monoisotopic (exact) mass is 443 g/mol. The van der Waals surface area contributed by atoms with Crippen molar-refractivity contribution in [2.45, 2.75) is 6.04 Å². The van der Waals surface area contributed by atoms with Crippen LogP contribution in [0.1, 0.15) is 11.6 Å². The Morgan fingerprint density at radius 1 is 1.00 bits per heavy atom. The maximum absolute atomic E-state index is 13.4. The van der Waals surface area contributed by atoms with E-state index in [1.807, 2.05) is 40.1 Å². The molecule has 1 amide bonds. The van der Waals surface area contributed by atoms with E-state index < -0.39 is 25.7 Å². The van der Waals surface area contributed by atoms with E-state index in [0.29, 0.717) is 45.8 Å². The lowest BCUT2D eigenvalue weighted by Crippen LogP contribution is -2.54. The smallest absolute Gasteiger partial charge is 0.244 e. The van der Waals surface area contributed by atoms with Gasteiger partial charge in [0.15, 0.2) is 9.84 Å². The van der Waals surface area contributed by atoms with E-state index in [9.17, 15) is 21.6 Å². The van der Waals surface area contributed by atoms with Gasteiger partial charge in [0.1, 0.15) is 15.9 Å². The summed E-state index contributed by atoms with van der Waals surface area (Å²) in [5, 5.41) is 0. The average molecular weight is 444 g/mol. The van der Waals surface area contributed by atoms with Crippen LogP contribution < -0.4 is 0 Å². The zero-order valence-corrected chi connectivity index (χ0v) is 18.4. The number of rotatable bonds is 6. The zero-order valence-electron chi connectivity index (χ0n) is 16.7. The molecule has 1 unspecified atom stereocenters. The number of amides is 1. The van der Waals surface area contributed by atoms with E-state index in [1.54, 1.807) is 0 Å². The van der Waals surface area contributed by atoms with Crippen molar-refractivity contribution >= 4 is 25.6 Å². The molecule has 0 radical (unpaired) electrons. The van der Waals surface area contributed by atoms with Crippen LogP contribution in [0.2, 0.25) is 0 Å². The number of sulfone groups is 2. The van der Waals surface area contributed by atoms with Crippen molar-refractivity contribution in [3.8, 4) is 0 Å². The fourth-order valence-electron chi connectivity index (χ4n) is 3.79.